The van der Waals surface area contributed by atoms with Gasteiger partial charge in [-0.25, -0.2) is 8.42 Å². The second-order valence-corrected chi connectivity index (χ2v) is 9.15. The van der Waals surface area contributed by atoms with Crippen molar-refractivity contribution < 1.29 is 13.2 Å². The number of aryl methyl sites for hydroxylation is 1. The minimum absolute atomic E-state index is 0.0732. The highest BCUT2D eigenvalue weighted by molar-refractivity contribution is 7.89. The predicted octanol–water partition coefficient (Wildman–Crippen LogP) is 3.96. The molecule has 0 atom stereocenters. The molecule has 154 valence electrons. The largest absolute Gasteiger partial charge is 0.335 e. The Bertz CT molecular complexity index is 989. The van der Waals surface area contributed by atoms with Gasteiger partial charge in [0.2, 0.25) is 10.0 Å². The van der Waals surface area contributed by atoms with E-state index < -0.39 is 10.0 Å². The van der Waals surface area contributed by atoms with E-state index >= 15 is 0 Å². The molecule has 0 unspecified atom stereocenters. The normalized spacial score (nSPS) is 14.8. The molecule has 1 heterocycles. The van der Waals surface area contributed by atoms with E-state index in [0.29, 0.717) is 31.7 Å². The molecular formula is C23H28N2O3S. The van der Waals surface area contributed by atoms with Crippen LogP contribution < -0.4 is 0 Å². The molecule has 0 N–H and O–H groups in total. The summed E-state index contributed by atoms with van der Waals surface area (Å²) in [5, 5.41) is 0. The monoisotopic (exact) mass is 412 g/mol. The van der Waals surface area contributed by atoms with Gasteiger partial charge in [-0.05, 0) is 48.7 Å². The number of sulfonamides is 1. The first kappa shape index (κ1) is 21.3. The summed E-state index contributed by atoms with van der Waals surface area (Å²) >= 11 is 0. The molecule has 0 saturated heterocycles. The lowest BCUT2D eigenvalue weighted by Gasteiger charge is -2.27. The zero-order valence-corrected chi connectivity index (χ0v) is 18.1. The van der Waals surface area contributed by atoms with Gasteiger partial charge in [-0.1, -0.05) is 49.8 Å². The fourth-order valence-electron chi connectivity index (χ4n) is 3.55. The third-order valence-corrected chi connectivity index (χ3v) is 7.43. The molecule has 0 spiro atoms. The summed E-state index contributed by atoms with van der Waals surface area (Å²) in [6.45, 7) is 7.74. The van der Waals surface area contributed by atoms with Crippen LogP contribution in [0.5, 0.6) is 0 Å². The summed E-state index contributed by atoms with van der Waals surface area (Å²) in [6, 6.07) is 14.7. The standard InChI is InChI=1S/C23H28N2O3S/c1-4-25(5-2)29(27,28)22-12-10-21(11-13-22)23(26)24-16-14-20(15-17-24)19-8-6-18(3)7-9-19/h6-14H,4-5,15-17H2,1-3H3. The Hall–Kier alpha value is -2.44. The van der Waals surface area contributed by atoms with E-state index in [1.54, 1.807) is 17.0 Å². The summed E-state index contributed by atoms with van der Waals surface area (Å²) < 4.78 is 26.6. The van der Waals surface area contributed by atoms with Crippen molar-refractivity contribution in [2.24, 2.45) is 0 Å². The van der Waals surface area contributed by atoms with Crippen molar-refractivity contribution in [1.82, 2.24) is 9.21 Å². The number of benzene rings is 2. The number of carbonyl (C=O) groups excluding carboxylic acids is 1. The van der Waals surface area contributed by atoms with Gasteiger partial charge in [0.25, 0.3) is 5.91 Å². The second-order valence-electron chi connectivity index (χ2n) is 7.21. The Morgan fingerprint density at radius 1 is 1.00 bits per heavy atom. The zero-order chi connectivity index (χ0) is 21.0. The Labute approximate surface area is 173 Å². The summed E-state index contributed by atoms with van der Waals surface area (Å²) in [4.78, 5) is 14.8. The van der Waals surface area contributed by atoms with Crippen LogP contribution in [0, 0.1) is 6.92 Å². The Kier molecular flexibility index (Phi) is 6.55. The van der Waals surface area contributed by atoms with E-state index in [-0.39, 0.29) is 10.8 Å². The second kappa shape index (κ2) is 8.93. The summed E-state index contributed by atoms with van der Waals surface area (Å²) in [7, 11) is -3.51. The van der Waals surface area contributed by atoms with Crippen LogP contribution in [-0.4, -0.2) is 49.7 Å². The molecule has 0 aliphatic carbocycles. The molecule has 0 saturated carbocycles. The molecule has 6 heteroatoms. The average Bonchev–Trinajstić information content (AvgIpc) is 2.75. The lowest BCUT2D eigenvalue weighted by Crippen LogP contribution is -2.34. The molecule has 29 heavy (non-hydrogen) atoms. The number of hydrogen-bond donors (Lipinski definition) is 0. The Morgan fingerprint density at radius 2 is 1.62 bits per heavy atom. The molecule has 2 aromatic rings. The summed E-state index contributed by atoms with van der Waals surface area (Å²) in [5.74, 6) is -0.0732. The van der Waals surface area contributed by atoms with Gasteiger partial charge < -0.3 is 4.90 Å². The topological polar surface area (TPSA) is 57.7 Å². The van der Waals surface area contributed by atoms with Gasteiger partial charge in [0.1, 0.15) is 0 Å². The predicted molar refractivity (Wildman–Crippen MR) is 116 cm³/mol. The first-order chi connectivity index (χ1) is 13.9. The van der Waals surface area contributed by atoms with Gasteiger partial charge >= 0.3 is 0 Å². The van der Waals surface area contributed by atoms with E-state index in [4.69, 9.17) is 0 Å². The summed E-state index contributed by atoms with van der Waals surface area (Å²) in [5.41, 5.74) is 4.20. The highest BCUT2D eigenvalue weighted by atomic mass is 32.2. The SMILES string of the molecule is CCN(CC)S(=O)(=O)c1ccc(C(=O)N2CC=C(c3ccc(C)cc3)CC2)cc1. The van der Waals surface area contributed by atoms with Crippen LogP contribution in [0.4, 0.5) is 0 Å². The molecule has 0 radical (unpaired) electrons. The van der Waals surface area contributed by atoms with Crippen LogP contribution in [0.25, 0.3) is 5.57 Å². The van der Waals surface area contributed by atoms with E-state index in [1.165, 1.54) is 33.1 Å². The van der Waals surface area contributed by atoms with Crippen molar-refractivity contribution in [3.05, 3.63) is 71.3 Å². The minimum atomic E-state index is -3.51. The van der Waals surface area contributed by atoms with Crippen molar-refractivity contribution in [2.75, 3.05) is 26.2 Å². The molecule has 1 aliphatic heterocycles. The number of nitrogens with zero attached hydrogens (tertiary/aromatic N) is 2. The first-order valence-electron chi connectivity index (χ1n) is 10.0. The third kappa shape index (κ3) is 4.60. The van der Waals surface area contributed by atoms with E-state index in [9.17, 15) is 13.2 Å². The molecule has 2 aromatic carbocycles. The molecule has 0 bridgehead atoms. The molecule has 0 fully saturated rings. The zero-order valence-electron chi connectivity index (χ0n) is 17.3. The third-order valence-electron chi connectivity index (χ3n) is 5.36. The van der Waals surface area contributed by atoms with Gasteiger partial charge in [0.05, 0.1) is 4.90 Å². The first-order valence-corrected chi connectivity index (χ1v) is 11.5. The molecule has 1 amide bonds. The number of hydrogen-bond acceptors (Lipinski definition) is 3. The molecule has 0 aromatic heterocycles. The lowest BCUT2D eigenvalue weighted by atomic mass is 9.98. The van der Waals surface area contributed by atoms with Crippen molar-refractivity contribution in [3.63, 3.8) is 0 Å². The number of carbonyl (C=O) groups is 1. The van der Waals surface area contributed by atoms with E-state index in [0.717, 1.165) is 6.42 Å². The molecule has 1 aliphatic rings. The van der Waals surface area contributed by atoms with Crippen LogP contribution in [0.1, 0.15) is 41.8 Å². The van der Waals surface area contributed by atoms with Crippen molar-refractivity contribution in [3.8, 4) is 0 Å². The van der Waals surface area contributed by atoms with Crippen LogP contribution in [0.3, 0.4) is 0 Å². The van der Waals surface area contributed by atoms with E-state index in [1.807, 2.05) is 13.8 Å². The van der Waals surface area contributed by atoms with Gasteiger partial charge in [-0.15, -0.1) is 0 Å². The number of amides is 1. The molecule has 3 rings (SSSR count). The molecule has 5 nitrogen and oxygen atoms in total. The minimum Gasteiger partial charge on any atom is -0.335 e. The fourth-order valence-corrected chi connectivity index (χ4v) is 5.01. The van der Waals surface area contributed by atoms with Gasteiger partial charge in [-0.2, -0.15) is 4.31 Å². The van der Waals surface area contributed by atoms with Crippen LogP contribution in [0.2, 0.25) is 0 Å². The fraction of sp³-hybridized carbons (Fsp3) is 0.348. The van der Waals surface area contributed by atoms with Crippen molar-refractivity contribution >= 4 is 21.5 Å². The van der Waals surface area contributed by atoms with Gasteiger partial charge in [0, 0.05) is 31.7 Å². The average molecular weight is 413 g/mol. The van der Waals surface area contributed by atoms with Crippen molar-refractivity contribution in [2.45, 2.75) is 32.1 Å². The smallest absolute Gasteiger partial charge is 0.254 e. The highest BCUT2D eigenvalue weighted by Gasteiger charge is 2.23. The Morgan fingerprint density at radius 3 is 2.14 bits per heavy atom. The summed E-state index contributed by atoms with van der Waals surface area (Å²) in [6.07, 6.45) is 2.91. The van der Waals surface area contributed by atoms with E-state index in [2.05, 4.69) is 37.3 Å². The van der Waals surface area contributed by atoms with Crippen molar-refractivity contribution in [1.29, 1.82) is 0 Å². The van der Waals surface area contributed by atoms with Crippen LogP contribution >= 0.6 is 0 Å². The number of rotatable bonds is 6. The highest BCUT2D eigenvalue weighted by Crippen LogP contribution is 2.24. The van der Waals surface area contributed by atoms with Gasteiger partial charge in [-0.3, -0.25) is 4.79 Å². The molecular weight excluding hydrogens is 384 g/mol. The lowest BCUT2D eigenvalue weighted by molar-refractivity contribution is 0.0772. The maximum atomic E-state index is 12.8. The van der Waals surface area contributed by atoms with Gasteiger partial charge in [0.15, 0.2) is 0 Å². The quantitative estimate of drug-likeness (QED) is 0.722. The maximum Gasteiger partial charge on any atom is 0.254 e. The Balaban J connectivity index is 1.71. The van der Waals surface area contributed by atoms with Crippen LogP contribution in [0.15, 0.2) is 59.5 Å². The van der Waals surface area contributed by atoms with Crippen LogP contribution in [-0.2, 0) is 10.0 Å². The maximum absolute atomic E-state index is 12.8.